The van der Waals surface area contributed by atoms with E-state index in [4.69, 9.17) is 14.7 Å². The minimum absolute atomic E-state index is 0.0457. The molecule has 4 aliphatic rings. The molecule has 16 nitrogen and oxygen atoms in total. The Kier molecular flexibility index (Phi) is 16.0. The molecule has 16 heteroatoms. The molecule has 2 aromatic heterocycles. The number of methoxy groups -OCH3 is 1. The lowest BCUT2D eigenvalue weighted by molar-refractivity contribution is 0.0599. The van der Waals surface area contributed by atoms with E-state index in [1.54, 1.807) is 47.8 Å². The van der Waals surface area contributed by atoms with Gasteiger partial charge in [0, 0.05) is 91.9 Å². The third kappa shape index (κ3) is 11.7. The number of hydrazine groups is 1. The molecular formula is C55H61N11O5. The van der Waals surface area contributed by atoms with E-state index in [1.165, 1.54) is 20.0 Å². The van der Waals surface area contributed by atoms with Crippen LogP contribution in [0.1, 0.15) is 99.4 Å². The fourth-order valence-electron chi connectivity index (χ4n) is 8.70. The van der Waals surface area contributed by atoms with Gasteiger partial charge in [-0.05, 0) is 147 Å². The zero-order valence-corrected chi connectivity index (χ0v) is 41.0. The second kappa shape index (κ2) is 23.0. The number of benzene rings is 4. The molecule has 0 saturated carbocycles. The molecular weight excluding hydrogens is 895 g/mol. The molecule has 4 aliphatic heterocycles. The van der Waals surface area contributed by atoms with Crippen LogP contribution in [0.4, 0.5) is 17.3 Å². The Morgan fingerprint density at radius 3 is 1.80 bits per heavy atom. The van der Waals surface area contributed by atoms with Gasteiger partial charge in [-0.3, -0.25) is 19.4 Å². The number of amidine groups is 1. The maximum atomic E-state index is 12.8. The van der Waals surface area contributed by atoms with E-state index in [1.807, 2.05) is 138 Å². The highest BCUT2D eigenvalue weighted by Crippen LogP contribution is 2.28. The monoisotopic (exact) mass is 955 g/mol. The van der Waals surface area contributed by atoms with Gasteiger partial charge < -0.3 is 30.1 Å². The number of rotatable bonds is 10. The number of likely N-dealkylation sites (tertiary alicyclic amines) is 2. The highest BCUT2D eigenvalue weighted by Gasteiger charge is 2.28. The number of amides is 3. The molecule has 0 spiro atoms. The summed E-state index contributed by atoms with van der Waals surface area (Å²) in [5, 5.41) is 12.9. The van der Waals surface area contributed by atoms with Crippen LogP contribution in [0, 0.1) is 0 Å². The summed E-state index contributed by atoms with van der Waals surface area (Å²) < 4.78 is 6.47. The average molecular weight is 956 g/mol. The molecule has 2 saturated heterocycles. The first-order chi connectivity index (χ1) is 34.6. The topological polar surface area (TPSA) is 169 Å². The second-order valence-corrected chi connectivity index (χ2v) is 17.4. The Morgan fingerprint density at radius 1 is 0.676 bits per heavy atom. The molecule has 1 atom stereocenters. The third-order valence-electron chi connectivity index (χ3n) is 12.4. The number of carbonyl (C=O) groups excluding carboxylic acids is 4. The number of hydrogen-bond acceptors (Lipinski definition) is 12. The number of pyridine rings is 1. The molecule has 366 valence electrons. The van der Waals surface area contributed by atoms with Crippen LogP contribution in [-0.4, -0.2) is 118 Å². The van der Waals surface area contributed by atoms with Crippen molar-refractivity contribution in [3.05, 3.63) is 162 Å². The lowest BCUT2D eigenvalue weighted by Crippen LogP contribution is -2.40. The van der Waals surface area contributed by atoms with Crippen LogP contribution in [0.5, 0.6) is 0 Å². The first-order valence-corrected chi connectivity index (χ1v) is 24.3. The first kappa shape index (κ1) is 49.3. The van der Waals surface area contributed by atoms with Crippen molar-refractivity contribution in [1.82, 2.24) is 39.7 Å². The summed E-state index contributed by atoms with van der Waals surface area (Å²) in [4.78, 5) is 64.2. The van der Waals surface area contributed by atoms with Crippen molar-refractivity contribution >= 4 is 58.1 Å². The van der Waals surface area contributed by atoms with E-state index in [9.17, 15) is 19.2 Å². The number of esters is 1. The lowest BCUT2D eigenvalue weighted by Gasteiger charge is -2.27. The Bertz CT molecular complexity index is 2910. The predicted octanol–water partition coefficient (Wildman–Crippen LogP) is 9.12. The molecule has 2 fully saturated rings. The molecule has 1 unspecified atom stereocenters. The van der Waals surface area contributed by atoms with Crippen LogP contribution in [-0.2, 0) is 4.74 Å². The van der Waals surface area contributed by atoms with Gasteiger partial charge >= 0.3 is 5.97 Å². The number of nitrogens with zero attached hydrogens (tertiary/aromatic N) is 8. The van der Waals surface area contributed by atoms with Gasteiger partial charge in [0.1, 0.15) is 0 Å². The molecule has 4 aromatic carbocycles. The quantitative estimate of drug-likeness (QED) is 0.112. The SMILES string of the molecule is CC.CN(C)C(=O)c1ccc(Nc2nc3c(-c4ccc(C(=O)N5CCCCC5)cc4)cccn3n2)cc1.COC(=O)c1ccc(NC2N=C3C(c4ccc(C(=O)N5CCCCC5)cc4)=CC=CN3N2)cc1. The third-order valence-corrected chi connectivity index (χ3v) is 12.4. The predicted molar refractivity (Wildman–Crippen MR) is 278 cm³/mol. The second-order valence-electron chi connectivity index (χ2n) is 17.4. The van der Waals surface area contributed by atoms with Crippen molar-refractivity contribution < 1.29 is 23.9 Å². The molecule has 0 aliphatic carbocycles. The minimum atomic E-state index is -0.370. The number of aliphatic imine (C=N–C) groups is 1. The summed E-state index contributed by atoms with van der Waals surface area (Å²) in [6.07, 6.45) is 14.1. The van der Waals surface area contributed by atoms with Crippen LogP contribution < -0.4 is 16.1 Å². The molecule has 6 aromatic rings. The number of nitrogens with one attached hydrogen (secondary N) is 3. The number of ether oxygens (including phenoxy) is 1. The summed E-state index contributed by atoms with van der Waals surface area (Å²) in [6.45, 7) is 7.36. The van der Waals surface area contributed by atoms with Crippen molar-refractivity contribution in [2.45, 2.75) is 58.7 Å². The fourth-order valence-corrected chi connectivity index (χ4v) is 8.70. The fraction of sp³-hybridized carbons (Fsp3) is 0.291. The standard InChI is InChI=1S/C27H28N6O2.C26H27N5O3.C2H6/c1-31(2)25(34)20-12-14-22(15-13-20)28-27-29-24-23(7-6-18-33(24)30-27)19-8-10-21(11-9-19)26(35)32-16-4-3-5-17-32;1-34-25(33)20-11-13-21(14-12-20)27-26-28-23-22(6-5-17-31(23)29-26)18-7-9-19(10-8-18)24(32)30-15-3-2-4-16-30;1-2/h6-15,18H,3-5,16-17H2,1-2H3,(H,28,30);5-14,17,26-27,29H,2-4,15-16H2,1H3;1-2H3. The number of anilines is 3. The Balaban J connectivity index is 0.000000184. The van der Waals surface area contributed by atoms with Crippen molar-refractivity contribution in [2.75, 3.05) is 58.0 Å². The van der Waals surface area contributed by atoms with Crippen molar-refractivity contribution in [2.24, 2.45) is 4.99 Å². The Labute approximate surface area is 414 Å². The Morgan fingerprint density at radius 2 is 1.23 bits per heavy atom. The molecule has 6 heterocycles. The van der Waals surface area contributed by atoms with Gasteiger partial charge in [-0.25, -0.2) is 14.3 Å². The van der Waals surface area contributed by atoms with Gasteiger partial charge in [-0.2, -0.15) is 10.4 Å². The van der Waals surface area contributed by atoms with Crippen molar-refractivity contribution in [3.8, 4) is 11.1 Å². The number of aromatic nitrogens is 3. The number of hydrogen-bond donors (Lipinski definition) is 3. The van der Waals surface area contributed by atoms with Crippen LogP contribution >= 0.6 is 0 Å². The van der Waals surface area contributed by atoms with E-state index < -0.39 is 0 Å². The Hall–Kier alpha value is -8.11. The summed E-state index contributed by atoms with van der Waals surface area (Å²) in [6, 6.07) is 33.7. The number of piperidine rings is 2. The van der Waals surface area contributed by atoms with Gasteiger partial charge in [0.15, 0.2) is 17.8 Å². The normalized spacial score (nSPS) is 16.0. The summed E-state index contributed by atoms with van der Waals surface area (Å²) in [5.41, 5.74) is 12.0. The maximum absolute atomic E-state index is 12.8. The van der Waals surface area contributed by atoms with E-state index in [2.05, 4.69) is 21.2 Å². The van der Waals surface area contributed by atoms with Crippen molar-refractivity contribution in [3.63, 3.8) is 0 Å². The summed E-state index contributed by atoms with van der Waals surface area (Å²) in [7, 11) is 4.82. The van der Waals surface area contributed by atoms with Crippen LogP contribution in [0.25, 0.3) is 22.3 Å². The largest absolute Gasteiger partial charge is 0.465 e. The molecule has 0 radical (unpaired) electrons. The zero-order chi connectivity index (χ0) is 49.9. The van der Waals surface area contributed by atoms with Crippen molar-refractivity contribution in [1.29, 1.82) is 0 Å². The van der Waals surface area contributed by atoms with E-state index in [-0.39, 0.29) is 30.0 Å². The first-order valence-electron chi connectivity index (χ1n) is 24.3. The minimum Gasteiger partial charge on any atom is -0.465 e. The van der Waals surface area contributed by atoms with Crippen LogP contribution in [0.3, 0.4) is 0 Å². The molecule has 3 N–H and O–H groups in total. The lowest BCUT2D eigenvalue weighted by atomic mass is 10.0. The van der Waals surface area contributed by atoms with Crippen LogP contribution in [0.15, 0.2) is 139 Å². The highest BCUT2D eigenvalue weighted by molar-refractivity contribution is 6.24. The molecule has 0 bridgehead atoms. The van der Waals surface area contributed by atoms with Crippen LogP contribution in [0.2, 0.25) is 0 Å². The van der Waals surface area contributed by atoms with E-state index in [0.29, 0.717) is 28.3 Å². The maximum Gasteiger partial charge on any atom is 0.337 e. The highest BCUT2D eigenvalue weighted by atomic mass is 16.5. The molecule has 71 heavy (non-hydrogen) atoms. The smallest absolute Gasteiger partial charge is 0.337 e. The zero-order valence-electron chi connectivity index (χ0n) is 41.0. The van der Waals surface area contributed by atoms with E-state index in [0.717, 1.165) is 96.9 Å². The van der Waals surface area contributed by atoms with Gasteiger partial charge in [0.05, 0.1) is 12.7 Å². The summed E-state index contributed by atoms with van der Waals surface area (Å²) >= 11 is 0. The number of fused-ring (bicyclic) bond motifs is 2. The molecule has 3 amide bonds. The summed E-state index contributed by atoms with van der Waals surface area (Å²) in [5.74, 6) is 1.04. The van der Waals surface area contributed by atoms with Gasteiger partial charge in [0.2, 0.25) is 5.95 Å². The number of allylic oxidation sites excluding steroid dienone is 2. The molecule has 10 rings (SSSR count). The average Bonchev–Trinajstić information content (AvgIpc) is 4.05. The van der Waals surface area contributed by atoms with Gasteiger partial charge in [-0.15, -0.1) is 5.10 Å². The van der Waals surface area contributed by atoms with Gasteiger partial charge in [0.25, 0.3) is 17.7 Å². The van der Waals surface area contributed by atoms with E-state index >= 15 is 0 Å². The van der Waals surface area contributed by atoms with Gasteiger partial charge in [-0.1, -0.05) is 38.1 Å². The number of carbonyl (C=O) groups is 4.